The summed E-state index contributed by atoms with van der Waals surface area (Å²) in [6.07, 6.45) is 5.83. The van der Waals surface area contributed by atoms with E-state index < -0.39 is 17.7 Å². The number of piperazine rings is 1. The maximum atomic E-state index is 13.8. The van der Waals surface area contributed by atoms with Gasteiger partial charge in [0, 0.05) is 54.3 Å². The smallest absolute Gasteiger partial charge is 0.417 e. The number of hydrogen-bond donors (Lipinski definition) is 1. The van der Waals surface area contributed by atoms with Crippen LogP contribution in [0.4, 0.5) is 18.9 Å². The van der Waals surface area contributed by atoms with Crippen molar-refractivity contribution >= 4 is 28.6 Å². The van der Waals surface area contributed by atoms with E-state index >= 15 is 0 Å². The Balaban J connectivity index is 0.903. The molecule has 8 nitrogen and oxygen atoms in total. The van der Waals surface area contributed by atoms with Gasteiger partial charge in [-0.15, -0.1) is 0 Å². The first-order chi connectivity index (χ1) is 23.5. The highest BCUT2D eigenvalue weighted by Gasteiger charge is 2.52. The van der Waals surface area contributed by atoms with Crippen molar-refractivity contribution in [1.82, 2.24) is 15.0 Å². The first kappa shape index (κ1) is 31.9. The van der Waals surface area contributed by atoms with Crippen LogP contribution in [0.25, 0.3) is 28.2 Å². The van der Waals surface area contributed by atoms with E-state index in [0.29, 0.717) is 40.7 Å². The van der Waals surface area contributed by atoms with Crippen molar-refractivity contribution in [3.8, 4) is 17.0 Å². The fourth-order valence-corrected chi connectivity index (χ4v) is 8.19. The maximum absolute atomic E-state index is 13.8. The molecule has 4 aromatic rings. The third-order valence-corrected chi connectivity index (χ3v) is 10.9. The molecule has 0 radical (unpaired) electrons. The summed E-state index contributed by atoms with van der Waals surface area (Å²) in [6.45, 7) is 4.05. The van der Waals surface area contributed by atoms with Crippen molar-refractivity contribution in [2.45, 2.75) is 50.6 Å². The predicted octanol–water partition coefficient (Wildman–Crippen LogP) is 8.13. The lowest BCUT2D eigenvalue weighted by Crippen LogP contribution is -2.48. The second-order valence-electron chi connectivity index (χ2n) is 14.5. The van der Waals surface area contributed by atoms with Gasteiger partial charge in [-0.05, 0) is 93.2 Å². The number of ether oxygens (including phenoxy) is 1. The van der Waals surface area contributed by atoms with E-state index in [9.17, 15) is 23.1 Å². The summed E-state index contributed by atoms with van der Waals surface area (Å²) in [5, 5.41) is 14.7. The monoisotopic (exact) mass is 672 g/mol. The minimum atomic E-state index is -4.48. The van der Waals surface area contributed by atoms with Crippen LogP contribution in [0, 0.1) is 17.3 Å². The second-order valence-corrected chi connectivity index (χ2v) is 14.5. The number of alkyl halides is 3. The minimum Gasteiger partial charge on any atom is -0.493 e. The van der Waals surface area contributed by atoms with Gasteiger partial charge in [0.1, 0.15) is 17.2 Å². The number of halogens is 3. The topological polar surface area (TPSA) is 91.9 Å². The molecule has 4 fully saturated rings. The van der Waals surface area contributed by atoms with Crippen molar-refractivity contribution in [2.75, 3.05) is 44.7 Å². The fraction of sp³-hybridized carbons (Fsp3) is 0.447. The Morgan fingerprint density at radius 2 is 1.82 bits per heavy atom. The van der Waals surface area contributed by atoms with Crippen molar-refractivity contribution < 1.29 is 32.3 Å². The lowest BCUT2D eigenvalue weighted by atomic mass is 9.48. The van der Waals surface area contributed by atoms with Crippen LogP contribution in [0.1, 0.15) is 71.8 Å². The molecule has 11 heteroatoms. The van der Waals surface area contributed by atoms with E-state index in [0.717, 1.165) is 87.6 Å². The summed E-state index contributed by atoms with van der Waals surface area (Å²) in [5.41, 5.74) is 2.17. The number of fused-ring (bicyclic) bond motifs is 1. The molecular weight excluding hydrogens is 633 g/mol. The zero-order chi connectivity index (χ0) is 33.9. The number of aromatic carboxylic acids is 1. The number of anilines is 1. The number of aromatic nitrogens is 2. The van der Waals surface area contributed by atoms with Crippen LogP contribution in [-0.4, -0.2) is 65.9 Å². The molecular formula is C38H39F3N4O4. The average Bonchev–Trinajstić information content (AvgIpc) is 3.81. The fourth-order valence-electron chi connectivity index (χ4n) is 8.19. The molecule has 49 heavy (non-hydrogen) atoms. The number of carbonyl (C=O) groups is 1. The summed E-state index contributed by atoms with van der Waals surface area (Å²) >= 11 is 0. The number of rotatable bonds is 9. The van der Waals surface area contributed by atoms with Gasteiger partial charge in [0.2, 0.25) is 0 Å². The lowest BCUT2D eigenvalue weighted by molar-refractivity contribution is -0.137. The van der Waals surface area contributed by atoms with Gasteiger partial charge in [-0.1, -0.05) is 35.5 Å². The zero-order valence-corrected chi connectivity index (χ0v) is 27.4. The van der Waals surface area contributed by atoms with Gasteiger partial charge < -0.3 is 24.2 Å². The van der Waals surface area contributed by atoms with Crippen molar-refractivity contribution in [3.63, 3.8) is 0 Å². The molecule has 0 atom stereocenters. The van der Waals surface area contributed by atoms with Crippen LogP contribution < -0.4 is 9.64 Å². The van der Waals surface area contributed by atoms with Gasteiger partial charge in [0.15, 0.2) is 5.69 Å². The summed E-state index contributed by atoms with van der Waals surface area (Å²) in [4.78, 5) is 20.7. The van der Waals surface area contributed by atoms with Gasteiger partial charge in [0.25, 0.3) is 0 Å². The van der Waals surface area contributed by atoms with Crippen molar-refractivity contribution in [3.05, 3.63) is 77.2 Å². The van der Waals surface area contributed by atoms with E-state index in [4.69, 9.17) is 9.26 Å². The quantitative estimate of drug-likeness (QED) is 0.191. The van der Waals surface area contributed by atoms with E-state index in [-0.39, 0.29) is 22.9 Å². The molecule has 1 spiro atoms. The molecule has 2 aromatic heterocycles. The normalized spacial score (nSPS) is 24.4. The molecule has 3 heterocycles. The zero-order valence-electron chi connectivity index (χ0n) is 27.4. The number of nitrogens with zero attached hydrogens (tertiary/aromatic N) is 4. The van der Waals surface area contributed by atoms with Crippen LogP contribution in [0.2, 0.25) is 0 Å². The number of carboxylic acid groups (broad SMARTS) is 1. The Morgan fingerprint density at radius 3 is 2.53 bits per heavy atom. The van der Waals surface area contributed by atoms with Crippen LogP contribution in [0.15, 0.2) is 59.1 Å². The minimum absolute atomic E-state index is 0.0422. The van der Waals surface area contributed by atoms with Crippen LogP contribution in [-0.2, 0) is 6.18 Å². The van der Waals surface area contributed by atoms with Gasteiger partial charge >= 0.3 is 12.1 Å². The summed E-state index contributed by atoms with van der Waals surface area (Å²) in [6, 6.07) is 13.0. The third-order valence-electron chi connectivity index (χ3n) is 10.9. The highest BCUT2D eigenvalue weighted by molar-refractivity contribution is 5.98. The second kappa shape index (κ2) is 12.2. The van der Waals surface area contributed by atoms with E-state index in [1.807, 2.05) is 24.3 Å². The van der Waals surface area contributed by atoms with Crippen LogP contribution in [0.5, 0.6) is 5.75 Å². The average molecular weight is 673 g/mol. The first-order valence-electron chi connectivity index (χ1n) is 17.1. The number of carboxylic acids is 1. The Bertz CT molecular complexity index is 1910. The molecule has 4 aliphatic rings. The molecule has 0 unspecified atom stereocenters. The Morgan fingerprint density at radius 1 is 1.06 bits per heavy atom. The maximum Gasteiger partial charge on any atom is 0.417 e. The molecule has 8 rings (SSSR count). The van der Waals surface area contributed by atoms with Gasteiger partial charge in [-0.2, -0.15) is 13.2 Å². The number of likely N-dealkylation sites (N-methyl/N-ethyl adjacent to an activating group) is 1. The van der Waals surface area contributed by atoms with Gasteiger partial charge in [-0.25, -0.2) is 9.78 Å². The van der Waals surface area contributed by atoms with Gasteiger partial charge in [0.05, 0.1) is 17.7 Å². The largest absolute Gasteiger partial charge is 0.493 e. The molecule has 1 saturated heterocycles. The van der Waals surface area contributed by atoms with Gasteiger partial charge in [-0.3, -0.25) is 0 Å². The number of allylic oxidation sites excluding steroid dienone is 1. The first-order valence-corrected chi connectivity index (χ1v) is 17.1. The summed E-state index contributed by atoms with van der Waals surface area (Å²) in [7, 11) is 2.09. The van der Waals surface area contributed by atoms with E-state index in [1.165, 1.54) is 12.1 Å². The molecule has 3 aliphatic carbocycles. The number of hydrogen-bond acceptors (Lipinski definition) is 7. The summed E-state index contributed by atoms with van der Waals surface area (Å²) in [5.74, 6) is 1.45. The highest BCUT2D eigenvalue weighted by Crippen LogP contribution is 2.61. The van der Waals surface area contributed by atoms with E-state index in [1.54, 1.807) is 12.1 Å². The highest BCUT2D eigenvalue weighted by atomic mass is 19.4. The van der Waals surface area contributed by atoms with Crippen LogP contribution in [0.3, 0.4) is 0 Å². The standard InChI is InChI=1S/C38H39F3N4O4/c1-44-12-14-45(15-13-44)33-17-32(36(46)47)42-31-11-9-26(16-29(31)33)48-22-24-20-37(21-24)18-23(19-37)6-10-28-34(43-49-35(28)25-7-8-25)27-4-2-3-5-30(27)38(39,40)41/h2-6,9-11,16-17,23-25H,7-8,12-15,18-22H2,1H3,(H,46,47). The Hall–Kier alpha value is -4.38. The molecule has 0 amide bonds. The third kappa shape index (κ3) is 6.29. The SMILES string of the molecule is CN1CCN(c2cc(C(=O)O)nc3ccc(OCC4CC5(CC(C=Cc6c(-c7ccccc7C(F)(F)F)noc6C6CC6)C5)C4)cc23)CC1. The molecule has 1 aliphatic heterocycles. The molecule has 0 bridgehead atoms. The summed E-state index contributed by atoms with van der Waals surface area (Å²) < 4.78 is 53.4. The molecule has 3 saturated carbocycles. The molecule has 2 aromatic carbocycles. The Labute approximate surface area is 282 Å². The Kier molecular flexibility index (Phi) is 7.93. The number of pyridine rings is 1. The molecule has 1 N–H and O–H groups in total. The lowest BCUT2D eigenvalue weighted by Gasteiger charge is -2.57. The van der Waals surface area contributed by atoms with Crippen LogP contribution >= 0.6 is 0 Å². The van der Waals surface area contributed by atoms with Crippen molar-refractivity contribution in [1.29, 1.82) is 0 Å². The number of benzene rings is 2. The predicted molar refractivity (Wildman–Crippen MR) is 180 cm³/mol. The molecule has 256 valence electrons. The van der Waals surface area contributed by atoms with E-state index in [2.05, 4.69) is 33.1 Å². The van der Waals surface area contributed by atoms with Crippen molar-refractivity contribution in [2.24, 2.45) is 17.3 Å².